The van der Waals surface area contributed by atoms with Crippen LogP contribution in [0.25, 0.3) is 0 Å². The van der Waals surface area contributed by atoms with E-state index in [9.17, 15) is 9.59 Å². The van der Waals surface area contributed by atoms with Crippen molar-refractivity contribution in [2.24, 2.45) is 0 Å². The van der Waals surface area contributed by atoms with Gasteiger partial charge in [-0.25, -0.2) is 0 Å². The Balaban J connectivity index is 1.36. The van der Waals surface area contributed by atoms with Gasteiger partial charge in [-0.05, 0) is 55.5 Å². The molecule has 152 valence electrons. The Morgan fingerprint density at radius 2 is 1.69 bits per heavy atom. The van der Waals surface area contributed by atoms with Crippen LogP contribution < -0.4 is 14.8 Å². The highest BCUT2D eigenvalue weighted by Crippen LogP contribution is 2.30. The van der Waals surface area contributed by atoms with Crippen LogP contribution in [-0.2, 0) is 11.3 Å². The molecular weight excluding hydrogens is 368 g/mol. The Labute approximate surface area is 170 Å². The van der Waals surface area contributed by atoms with E-state index in [1.54, 1.807) is 19.2 Å². The molecule has 0 aliphatic heterocycles. The second-order valence-corrected chi connectivity index (χ2v) is 7.64. The molecule has 0 heterocycles. The maximum Gasteiger partial charge on any atom is 0.261 e. The molecule has 6 nitrogen and oxygen atoms in total. The van der Waals surface area contributed by atoms with Gasteiger partial charge < -0.3 is 19.7 Å². The van der Waals surface area contributed by atoms with Gasteiger partial charge in [0.1, 0.15) is 0 Å². The summed E-state index contributed by atoms with van der Waals surface area (Å²) >= 11 is 0. The van der Waals surface area contributed by atoms with E-state index in [1.165, 1.54) is 0 Å². The molecule has 1 N–H and O–H groups in total. The smallest absolute Gasteiger partial charge is 0.261 e. The van der Waals surface area contributed by atoms with E-state index in [-0.39, 0.29) is 24.5 Å². The quantitative estimate of drug-likeness (QED) is 0.709. The van der Waals surface area contributed by atoms with E-state index in [2.05, 4.69) is 5.32 Å². The monoisotopic (exact) mass is 394 g/mol. The lowest BCUT2D eigenvalue weighted by Gasteiger charge is -2.23. The molecule has 0 bridgehead atoms. The topological polar surface area (TPSA) is 67.9 Å². The molecule has 2 saturated carbocycles. The number of ether oxygens (including phenoxy) is 2. The van der Waals surface area contributed by atoms with Crippen LogP contribution in [-0.4, -0.2) is 42.5 Å². The largest absolute Gasteiger partial charge is 0.493 e. The molecule has 2 aliphatic rings. The zero-order valence-electron chi connectivity index (χ0n) is 16.6. The van der Waals surface area contributed by atoms with E-state index in [1.807, 2.05) is 41.3 Å². The summed E-state index contributed by atoms with van der Waals surface area (Å²) in [5, 5.41) is 2.99. The summed E-state index contributed by atoms with van der Waals surface area (Å²) in [5.41, 5.74) is 1.66. The summed E-state index contributed by atoms with van der Waals surface area (Å²) in [5.74, 6) is 1.09. The summed E-state index contributed by atoms with van der Waals surface area (Å²) in [6.45, 7) is 0.488. The van der Waals surface area contributed by atoms with Gasteiger partial charge >= 0.3 is 0 Å². The number of methoxy groups -OCH3 is 1. The number of para-hydroxylation sites is 2. The van der Waals surface area contributed by atoms with Crippen LogP contribution in [0, 0.1) is 0 Å². The first-order valence-electron chi connectivity index (χ1n) is 10.1. The number of rotatable bonds is 9. The second kappa shape index (κ2) is 8.55. The van der Waals surface area contributed by atoms with Gasteiger partial charge in [-0.1, -0.05) is 24.3 Å². The minimum absolute atomic E-state index is 0.0283. The zero-order valence-corrected chi connectivity index (χ0v) is 16.6. The molecule has 0 saturated heterocycles. The molecule has 0 atom stereocenters. The van der Waals surface area contributed by atoms with Crippen molar-refractivity contribution in [1.29, 1.82) is 0 Å². The van der Waals surface area contributed by atoms with E-state index in [4.69, 9.17) is 9.47 Å². The third kappa shape index (κ3) is 5.08. The van der Waals surface area contributed by atoms with Crippen LogP contribution >= 0.6 is 0 Å². The molecule has 6 heteroatoms. The predicted molar refractivity (Wildman–Crippen MR) is 109 cm³/mol. The van der Waals surface area contributed by atoms with Gasteiger partial charge in [-0.3, -0.25) is 9.59 Å². The highest BCUT2D eigenvalue weighted by molar-refractivity contribution is 5.94. The van der Waals surface area contributed by atoms with Crippen molar-refractivity contribution in [1.82, 2.24) is 10.2 Å². The summed E-state index contributed by atoms with van der Waals surface area (Å²) in [4.78, 5) is 26.8. The summed E-state index contributed by atoms with van der Waals surface area (Å²) in [6.07, 6.45) is 4.17. The zero-order chi connectivity index (χ0) is 20.2. The molecule has 29 heavy (non-hydrogen) atoms. The third-order valence-electron chi connectivity index (χ3n) is 5.21. The van der Waals surface area contributed by atoms with Crippen LogP contribution in [0.5, 0.6) is 11.5 Å². The molecule has 2 aromatic rings. The molecule has 4 rings (SSSR count). The first kappa shape index (κ1) is 19.3. The Kier molecular flexibility index (Phi) is 5.69. The number of nitrogens with zero attached hydrogens (tertiary/aromatic N) is 1. The number of amides is 2. The number of hydrogen-bond acceptors (Lipinski definition) is 4. The average Bonchev–Trinajstić information content (AvgIpc) is 3.66. The number of carbonyl (C=O) groups is 2. The standard InChI is InChI=1S/C23H26N2O4/c1-28-20-4-2-3-5-21(20)29-15-22(26)25(19-12-13-19)14-16-6-8-17(9-7-16)23(27)24-18-10-11-18/h2-9,18-19H,10-15H2,1H3,(H,24,27). The molecule has 2 aliphatic carbocycles. The lowest BCUT2D eigenvalue weighted by Crippen LogP contribution is -2.36. The normalized spacial score (nSPS) is 15.5. The number of carbonyl (C=O) groups excluding carboxylic acids is 2. The lowest BCUT2D eigenvalue weighted by molar-refractivity contribution is -0.134. The molecule has 0 aromatic heterocycles. The van der Waals surface area contributed by atoms with E-state index in [0.29, 0.717) is 29.6 Å². The van der Waals surface area contributed by atoms with E-state index < -0.39 is 0 Å². The fourth-order valence-corrected chi connectivity index (χ4v) is 3.22. The second-order valence-electron chi connectivity index (χ2n) is 7.64. The maximum absolute atomic E-state index is 12.8. The molecule has 2 amide bonds. The lowest BCUT2D eigenvalue weighted by atomic mass is 10.1. The van der Waals surface area contributed by atoms with Crippen molar-refractivity contribution >= 4 is 11.8 Å². The van der Waals surface area contributed by atoms with Gasteiger partial charge in [0.15, 0.2) is 18.1 Å². The van der Waals surface area contributed by atoms with Crippen LogP contribution in [0.1, 0.15) is 41.6 Å². The Hall–Kier alpha value is -3.02. The third-order valence-corrected chi connectivity index (χ3v) is 5.21. The fraction of sp³-hybridized carbons (Fsp3) is 0.391. The summed E-state index contributed by atoms with van der Waals surface area (Å²) < 4.78 is 11.0. The van der Waals surface area contributed by atoms with Crippen LogP contribution in [0.4, 0.5) is 0 Å². The SMILES string of the molecule is COc1ccccc1OCC(=O)N(Cc1ccc(C(=O)NC2CC2)cc1)C1CC1. The maximum atomic E-state index is 12.8. The van der Waals surface area contributed by atoms with Crippen LogP contribution in [0.15, 0.2) is 48.5 Å². The van der Waals surface area contributed by atoms with Crippen molar-refractivity contribution in [3.05, 3.63) is 59.7 Å². The van der Waals surface area contributed by atoms with Gasteiger partial charge in [0, 0.05) is 24.2 Å². The van der Waals surface area contributed by atoms with Crippen molar-refractivity contribution < 1.29 is 19.1 Å². The van der Waals surface area contributed by atoms with Gasteiger partial charge in [0.2, 0.25) is 0 Å². The Morgan fingerprint density at radius 3 is 2.31 bits per heavy atom. The molecule has 0 radical (unpaired) electrons. The van der Waals surface area contributed by atoms with E-state index in [0.717, 1.165) is 31.2 Å². The number of hydrogen-bond donors (Lipinski definition) is 1. The fourth-order valence-electron chi connectivity index (χ4n) is 3.22. The van der Waals surface area contributed by atoms with Crippen molar-refractivity contribution in [3.63, 3.8) is 0 Å². The molecule has 0 spiro atoms. The Bertz CT molecular complexity index is 873. The minimum atomic E-state index is -0.0473. The molecule has 0 unspecified atom stereocenters. The highest BCUT2D eigenvalue weighted by atomic mass is 16.5. The van der Waals surface area contributed by atoms with Gasteiger partial charge in [-0.2, -0.15) is 0 Å². The number of benzene rings is 2. The van der Waals surface area contributed by atoms with Gasteiger partial charge in [-0.15, -0.1) is 0 Å². The molecule has 2 fully saturated rings. The van der Waals surface area contributed by atoms with Gasteiger partial charge in [0.25, 0.3) is 11.8 Å². The number of nitrogens with one attached hydrogen (secondary N) is 1. The Morgan fingerprint density at radius 1 is 1.00 bits per heavy atom. The first-order valence-corrected chi connectivity index (χ1v) is 10.1. The average molecular weight is 394 g/mol. The molecule has 2 aromatic carbocycles. The van der Waals surface area contributed by atoms with E-state index >= 15 is 0 Å². The minimum Gasteiger partial charge on any atom is -0.493 e. The predicted octanol–water partition coefficient (Wildman–Crippen LogP) is 3.16. The van der Waals surface area contributed by atoms with Crippen LogP contribution in [0.3, 0.4) is 0 Å². The highest BCUT2D eigenvalue weighted by Gasteiger charge is 2.33. The van der Waals surface area contributed by atoms with Crippen LogP contribution in [0.2, 0.25) is 0 Å². The first-order chi connectivity index (χ1) is 14.1. The van der Waals surface area contributed by atoms with Crippen molar-refractivity contribution in [2.75, 3.05) is 13.7 Å². The van der Waals surface area contributed by atoms with Crippen molar-refractivity contribution in [2.45, 2.75) is 44.3 Å². The summed E-state index contributed by atoms with van der Waals surface area (Å²) in [6, 6.07) is 15.4. The van der Waals surface area contributed by atoms with Gasteiger partial charge in [0.05, 0.1) is 7.11 Å². The molecular formula is C23H26N2O4. The van der Waals surface area contributed by atoms with Crippen molar-refractivity contribution in [3.8, 4) is 11.5 Å². The summed E-state index contributed by atoms with van der Waals surface area (Å²) in [7, 11) is 1.58.